The predicted octanol–water partition coefficient (Wildman–Crippen LogP) is 4.76. The Morgan fingerprint density at radius 3 is 2.67 bits per heavy atom. The molecule has 0 aromatic heterocycles. The molecule has 190 valence electrons. The quantitative estimate of drug-likeness (QED) is 0.381. The van der Waals surface area contributed by atoms with Crippen LogP contribution < -0.4 is 10.1 Å². The van der Waals surface area contributed by atoms with Gasteiger partial charge in [0, 0.05) is 23.6 Å². The molecule has 0 radical (unpaired) electrons. The van der Waals surface area contributed by atoms with Crippen LogP contribution in [0.1, 0.15) is 55.0 Å². The van der Waals surface area contributed by atoms with Gasteiger partial charge in [0.25, 0.3) is 0 Å². The molecule has 36 heavy (non-hydrogen) atoms. The molecule has 1 saturated carbocycles. The van der Waals surface area contributed by atoms with Crippen LogP contribution in [-0.4, -0.2) is 47.1 Å². The van der Waals surface area contributed by atoms with Crippen molar-refractivity contribution in [2.24, 2.45) is 5.92 Å². The lowest BCUT2D eigenvalue weighted by Gasteiger charge is -2.29. The summed E-state index contributed by atoms with van der Waals surface area (Å²) in [5, 5.41) is 26.1. The molecule has 0 amide bonds. The van der Waals surface area contributed by atoms with Crippen molar-refractivity contribution in [3.05, 3.63) is 76.9 Å². The Labute approximate surface area is 212 Å². The van der Waals surface area contributed by atoms with Crippen LogP contribution in [0.5, 0.6) is 5.75 Å². The second-order valence-electron chi connectivity index (χ2n) is 10.9. The van der Waals surface area contributed by atoms with E-state index in [0.717, 1.165) is 28.9 Å². The van der Waals surface area contributed by atoms with E-state index in [2.05, 4.69) is 61.6 Å². The van der Waals surface area contributed by atoms with Crippen LogP contribution in [0.2, 0.25) is 0 Å². The van der Waals surface area contributed by atoms with Gasteiger partial charge < -0.3 is 25.0 Å². The van der Waals surface area contributed by atoms with Crippen LogP contribution in [0, 0.1) is 12.8 Å². The van der Waals surface area contributed by atoms with E-state index in [0.29, 0.717) is 6.54 Å². The number of aliphatic carboxylic acids is 1. The summed E-state index contributed by atoms with van der Waals surface area (Å²) in [6, 6.07) is 18.8. The van der Waals surface area contributed by atoms with Gasteiger partial charge in [0.15, 0.2) is 0 Å². The third-order valence-corrected chi connectivity index (χ3v) is 7.56. The van der Waals surface area contributed by atoms with E-state index >= 15 is 0 Å². The topological polar surface area (TPSA) is 88.0 Å². The molecule has 5 rings (SSSR count). The maximum absolute atomic E-state index is 11.5. The number of carbonyl (C=O) groups is 1. The van der Waals surface area contributed by atoms with Gasteiger partial charge in [-0.15, -0.1) is 0 Å². The van der Waals surface area contributed by atoms with Crippen molar-refractivity contribution in [2.75, 3.05) is 13.2 Å². The Hall–Kier alpha value is -2.93. The number of aliphatic hydroxyl groups is 1. The fourth-order valence-corrected chi connectivity index (χ4v) is 5.57. The van der Waals surface area contributed by atoms with Crippen LogP contribution in [0.4, 0.5) is 0 Å². The first kappa shape index (κ1) is 24.8. The van der Waals surface area contributed by atoms with Crippen LogP contribution in [0.3, 0.4) is 0 Å². The minimum atomic E-state index is -0.815. The lowest BCUT2D eigenvalue weighted by molar-refractivity contribution is -0.139. The number of nitrogens with one attached hydrogen (secondary N) is 1. The van der Waals surface area contributed by atoms with Gasteiger partial charge in [0.2, 0.25) is 0 Å². The predicted molar refractivity (Wildman–Crippen MR) is 140 cm³/mol. The Bertz CT molecular complexity index is 1280. The van der Waals surface area contributed by atoms with Crippen molar-refractivity contribution in [1.29, 1.82) is 0 Å². The lowest BCUT2D eigenvalue weighted by atomic mass is 9.91. The molecule has 0 bridgehead atoms. The molecule has 1 heterocycles. The molecule has 3 N–H and O–H groups in total. The van der Waals surface area contributed by atoms with Crippen LogP contribution in [-0.2, 0) is 16.0 Å². The smallest absolute Gasteiger partial charge is 0.311 e. The first-order valence-corrected chi connectivity index (χ1v) is 12.7. The number of β-amino-alcohol motifs (C(OH)–C–C–N with tert-alkyl or cyclic N) is 1. The Balaban J connectivity index is 1.18. The first-order valence-electron chi connectivity index (χ1n) is 12.7. The van der Waals surface area contributed by atoms with E-state index in [1.165, 1.54) is 16.3 Å². The van der Waals surface area contributed by atoms with E-state index in [1.807, 2.05) is 26.0 Å². The normalized spacial score (nSPS) is 22.0. The van der Waals surface area contributed by atoms with E-state index in [4.69, 9.17) is 9.47 Å². The number of fused-ring (bicyclic) bond motifs is 4. The SMILES string of the molecule is Cc1ccc([C@@H](C)OC[C@H](O)CNC(C)(C)Cc2cccc3ccccc23)c2c1O[C@@H]1[C@@H](C(=O)O)[C@H]21. The lowest BCUT2D eigenvalue weighted by Crippen LogP contribution is -2.46. The number of hydrogen-bond donors (Lipinski definition) is 3. The fourth-order valence-electron chi connectivity index (χ4n) is 5.57. The maximum atomic E-state index is 11.5. The highest BCUT2D eigenvalue weighted by atomic mass is 16.5. The van der Waals surface area contributed by atoms with E-state index < -0.39 is 18.0 Å². The number of aryl methyl sites for hydroxylation is 1. The molecule has 3 aromatic rings. The van der Waals surface area contributed by atoms with E-state index in [-0.39, 0.29) is 30.3 Å². The number of hydrogen-bond acceptors (Lipinski definition) is 5. The number of ether oxygens (including phenoxy) is 2. The fraction of sp³-hybridized carbons (Fsp3) is 0.433. The van der Waals surface area contributed by atoms with Crippen LogP contribution in [0.15, 0.2) is 54.6 Å². The number of carboxylic acids is 1. The molecular formula is C30H35NO5. The molecule has 0 spiro atoms. The Kier molecular flexibility index (Phi) is 6.54. The minimum Gasteiger partial charge on any atom is -0.488 e. The molecule has 0 saturated heterocycles. The number of aliphatic hydroxyl groups excluding tert-OH is 1. The summed E-state index contributed by atoms with van der Waals surface area (Å²) in [6.07, 6.45) is -0.394. The van der Waals surface area contributed by atoms with E-state index in [9.17, 15) is 15.0 Å². The summed E-state index contributed by atoms with van der Waals surface area (Å²) in [5.74, 6) is -0.610. The molecule has 2 aliphatic rings. The largest absolute Gasteiger partial charge is 0.488 e. The van der Waals surface area contributed by atoms with Crippen molar-refractivity contribution in [1.82, 2.24) is 5.32 Å². The second kappa shape index (κ2) is 9.51. The number of carboxylic acid groups (broad SMARTS) is 1. The van der Waals surface area contributed by atoms with E-state index in [1.54, 1.807) is 0 Å². The highest BCUT2D eigenvalue weighted by molar-refractivity contribution is 5.85. The second-order valence-corrected chi connectivity index (χ2v) is 10.9. The third-order valence-electron chi connectivity index (χ3n) is 7.56. The van der Waals surface area contributed by atoms with Gasteiger partial charge in [-0.2, -0.15) is 0 Å². The number of benzene rings is 3. The molecule has 0 unspecified atom stereocenters. The Morgan fingerprint density at radius 2 is 1.89 bits per heavy atom. The zero-order valence-electron chi connectivity index (χ0n) is 21.3. The molecule has 6 nitrogen and oxygen atoms in total. The number of rotatable bonds is 10. The third kappa shape index (κ3) is 4.73. The zero-order chi connectivity index (χ0) is 25.6. The molecule has 1 aliphatic heterocycles. The summed E-state index contributed by atoms with van der Waals surface area (Å²) in [6.45, 7) is 8.80. The molecule has 1 fully saturated rings. The maximum Gasteiger partial charge on any atom is 0.311 e. The van der Waals surface area contributed by atoms with Crippen molar-refractivity contribution < 1.29 is 24.5 Å². The molecule has 1 aliphatic carbocycles. The van der Waals surface area contributed by atoms with Gasteiger partial charge in [-0.05, 0) is 61.6 Å². The van der Waals surface area contributed by atoms with Gasteiger partial charge in [-0.3, -0.25) is 4.79 Å². The minimum absolute atomic E-state index is 0.111. The summed E-state index contributed by atoms with van der Waals surface area (Å²) < 4.78 is 12.0. The van der Waals surface area contributed by atoms with Crippen molar-refractivity contribution in [3.63, 3.8) is 0 Å². The van der Waals surface area contributed by atoms with Gasteiger partial charge in [0.05, 0.1) is 18.8 Å². The molecular weight excluding hydrogens is 454 g/mol. The molecule has 5 atom stereocenters. The standard InChI is InChI=1S/C30H35NO5/c1-17-12-13-22(24-25-26(29(33)34)28(25)36-27(17)24)18(2)35-16-21(32)15-31-30(3,4)14-20-10-7-9-19-8-5-6-11-23(19)20/h5-13,18,21,25-26,28,31-32H,14-16H2,1-4H3,(H,33,34)/t18-,21-,25+,26+,28+/m1/s1. The molecule has 3 aromatic carbocycles. The summed E-state index contributed by atoms with van der Waals surface area (Å²) in [4.78, 5) is 11.5. The molecule has 6 heteroatoms. The van der Waals surface area contributed by atoms with Gasteiger partial charge in [0.1, 0.15) is 17.8 Å². The Morgan fingerprint density at radius 1 is 1.14 bits per heavy atom. The van der Waals surface area contributed by atoms with Crippen molar-refractivity contribution >= 4 is 16.7 Å². The average Bonchev–Trinajstić information content (AvgIpc) is 3.43. The highest BCUT2D eigenvalue weighted by Crippen LogP contribution is 2.61. The van der Waals surface area contributed by atoms with Gasteiger partial charge in [-0.25, -0.2) is 0 Å². The first-order chi connectivity index (χ1) is 17.2. The zero-order valence-corrected chi connectivity index (χ0v) is 21.3. The van der Waals surface area contributed by atoms with Crippen molar-refractivity contribution in [3.8, 4) is 5.75 Å². The average molecular weight is 490 g/mol. The summed E-state index contributed by atoms with van der Waals surface area (Å²) >= 11 is 0. The van der Waals surface area contributed by atoms with Gasteiger partial charge in [-0.1, -0.05) is 54.6 Å². The van der Waals surface area contributed by atoms with Crippen molar-refractivity contribution in [2.45, 2.75) is 63.9 Å². The summed E-state index contributed by atoms with van der Waals surface area (Å²) in [7, 11) is 0. The van der Waals surface area contributed by atoms with Gasteiger partial charge >= 0.3 is 5.97 Å². The van der Waals surface area contributed by atoms with Crippen LogP contribution >= 0.6 is 0 Å². The van der Waals surface area contributed by atoms with Crippen LogP contribution in [0.25, 0.3) is 10.8 Å². The highest BCUT2D eigenvalue weighted by Gasteiger charge is 2.64. The monoisotopic (exact) mass is 489 g/mol. The summed E-state index contributed by atoms with van der Waals surface area (Å²) in [5.41, 5.74) is 3.99.